The van der Waals surface area contributed by atoms with Crippen LogP contribution in [0.4, 0.5) is 15.0 Å². The average molecular weight is 304 g/mol. The summed E-state index contributed by atoms with van der Waals surface area (Å²) in [6, 6.07) is 2.51. The Balaban J connectivity index is 1.56. The highest BCUT2D eigenvalue weighted by Gasteiger charge is 2.24. The van der Waals surface area contributed by atoms with Gasteiger partial charge in [-0.05, 0) is 30.9 Å². The average Bonchev–Trinajstić information content (AvgIpc) is 3.03. The SMILES string of the molecule is O=C(Nc1ccc(F)cn1)N1CCCC(Cn2ccnn2)C1. The van der Waals surface area contributed by atoms with Gasteiger partial charge in [0, 0.05) is 25.8 Å². The Hall–Kier alpha value is -2.51. The van der Waals surface area contributed by atoms with Crippen molar-refractivity contribution in [2.75, 3.05) is 18.4 Å². The number of rotatable bonds is 3. The molecule has 0 saturated carbocycles. The molecule has 0 radical (unpaired) electrons. The van der Waals surface area contributed by atoms with E-state index in [-0.39, 0.29) is 6.03 Å². The maximum Gasteiger partial charge on any atom is 0.323 e. The smallest absolute Gasteiger partial charge is 0.323 e. The van der Waals surface area contributed by atoms with Gasteiger partial charge in [0.1, 0.15) is 11.6 Å². The Kier molecular flexibility index (Phi) is 4.27. The number of carbonyl (C=O) groups excluding carboxylic acids is 1. The van der Waals surface area contributed by atoms with Crippen molar-refractivity contribution in [2.24, 2.45) is 5.92 Å². The van der Waals surface area contributed by atoms with Crippen molar-refractivity contribution in [1.82, 2.24) is 24.9 Å². The van der Waals surface area contributed by atoms with Crippen LogP contribution < -0.4 is 5.32 Å². The molecule has 22 heavy (non-hydrogen) atoms. The Morgan fingerprint density at radius 1 is 1.45 bits per heavy atom. The normalized spacial score (nSPS) is 18.2. The third-order valence-corrected chi connectivity index (χ3v) is 3.69. The van der Waals surface area contributed by atoms with Crippen molar-refractivity contribution in [2.45, 2.75) is 19.4 Å². The number of nitrogens with one attached hydrogen (secondary N) is 1. The van der Waals surface area contributed by atoms with Gasteiger partial charge < -0.3 is 4.90 Å². The number of likely N-dealkylation sites (tertiary alicyclic amines) is 1. The molecule has 0 aliphatic carbocycles. The summed E-state index contributed by atoms with van der Waals surface area (Å²) in [7, 11) is 0. The lowest BCUT2D eigenvalue weighted by Gasteiger charge is -2.32. The molecular formula is C14H17FN6O. The van der Waals surface area contributed by atoms with Crippen molar-refractivity contribution in [3.63, 3.8) is 0 Å². The van der Waals surface area contributed by atoms with Gasteiger partial charge in [-0.2, -0.15) is 0 Å². The number of nitrogens with zero attached hydrogens (tertiary/aromatic N) is 5. The number of aromatic nitrogens is 4. The summed E-state index contributed by atoms with van der Waals surface area (Å²) >= 11 is 0. The molecule has 1 aliphatic heterocycles. The van der Waals surface area contributed by atoms with Gasteiger partial charge in [0.25, 0.3) is 0 Å². The molecule has 0 spiro atoms. The van der Waals surface area contributed by atoms with E-state index in [2.05, 4.69) is 20.6 Å². The summed E-state index contributed by atoms with van der Waals surface area (Å²) in [5, 5.41) is 10.4. The Morgan fingerprint density at radius 2 is 2.36 bits per heavy atom. The third-order valence-electron chi connectivity index (χ3n) is 3.69. The maximum absolute atomic E-state index is 12.8. The number of anilines is 1. The maximum atomic E-state index is 12.8. The fraction of sp³-hybridized carbons (Fsp3) is 0.429. The number of pyridine rings is 1. The first kappa shape index (κ1) is 14.4. The van der Waals surface area contributed by atoms with Gasteiger partial charge in [0.05, 0.1) is 12.4 Å². The standard InChI is InChI=1S/C14H17FN6O/c15-12-3-4-13(16-8-12)18-14(22)20-6-1-2-11(9-20)10-21-7-5-17-19-21/h3-5,7-8,11H,1-2,6,9-10H2,(H,16,18,22). The molecule has 0 aromatic carbocycles. The number of hydrogen-bond donors (Lipinski definition) is 1. The van der Waals surface area contributed by atoms with E-state index in [4.69, 9.17) is 0 Å². The van der Waals surface area contributed by atoms with Crippen molar-refractivity contribution in [1.29, 1.82) is 0 Å². The quantitative estimate of drug-likeness (QED) is 0.937. The summed E-state index contributed by atoms with van der Waals surface area (Å²) in [4.78, 5) is 17.8. The zero-order valence-corrected chi connectivity index (χ0v) is 12.0. The van der Waals surface area contributed by atoms with Gasteiger partial charge in [-0.25, -0.2) is 14.2 Å². The number of hydrogen-bond acceptors (Lipinski definition) is 4. The number of piperidine rings is 1. The fourth-order valence-electron chi connectivity index (χ4n) is 2.63. The van der Waals surface area contributed by atoms with Crippen LogP contribution in [0.15, 0.2) is 30.7 Å². The summed E-state index contributed by atoms with van der Waals surface area (Å²) in [5.41, 5.74) is 0. The summed E-state index contributed by atoms with van der Waals surface area (Å²) < 4.78 is 14.6. The minimum atomic E-state index is -0.427. The second-order valence-electron chi connectivity index (χ2n) is 5.37. The molecule has 116 valence electrons. The van der Waals surface area contributed by atoms with Gasteiger partial charge in [-0.1, -0.05) is 5.21 Å². The highest BCUT2D eigenvalue weighted by Crippen LogP contribution is 2.19. The van der Waals surface area contributed by atoms with Crippen molar-refractivity contribution < 1.29 is 9.18 Å². The van der Waals surface area contributed by atoms with Crippen LogP contribution in [0.5, 0.6) is 0 Å². The van der Waals surface area contributed by atoms with Crippen LogP contribution in [0.25, 0.3) is 0 Å². The molecule has 2 aromatic rings. The van der Waals surface area contributed by atoms with Crippen LogP contribution in [-0.2, 0) is 6.54 Å². The largest absolute Gasteiger partial charge is 0.324 e. The first-order valence-electron chi connectivity index (χ1n) is 7.22. The Bertz CT molecular complexity index is 615. The van der Waals surface area contributed by atoms with Crippen LogP contribution in [-0.4, -0.2) is 44.0 Å². The minimum Gasteiger partial charge on any atom is -0.324 e. The van der Waals surface area contributed by atoms with E-state index >= 15 is 0 Å². The molecule has 0 bridgehead atoms. The highest BCUT2D eigenvalue weighted by molar-refractivity contribution is 5.88. The van der Waals surface area contributed by atoms with E-state index in [1.165, 1.54) is 12.1 Å². The topological polar surface area (TPSA) is 75.9 Å². The molecule has 2 amide bonds. The van der Waals surface area contributed by atoms with E-state index in [0.717, 1.165) is 25.6 Å². The van der Waals surface area contributed by atoms with Crippen molar-refractivity contribution in [3.05, 3.63) is 36.5 Å². The van der Waals surface area contributed by atoms with Crippen LogP contribution in [0.2, 0.25) is 0 Å². The molecule has 1 N–H and O–H groups in total. The lowest BCUT2D eigenvalue weighted by Crippen LogP contribution is -2.43. The van der Waals surface area contributed by atoms with E-state index in [9.17, 15) is 9.18 Å². The summed E-state index contributed by atoms with van der Waals surface area (Å²) in [6.07, 6.45) is 6.55. The molecule has 3 rings (SSSR count). The fourth-order valence-corrected chi connectivity index (χ4v) is 2.63. The number of urea groups is 1. The molecule has 7 nitrogen and oxygen atoms in total. The van der Waals surface area contributed by atoms with E-state index in [1.54, 1.807) is 15.8 Å². The van der Waals surface area contributed by atoms with Crippen molar-refractivity contribution in [3.8, 4) is 0 Å². The predicted octanol–water partition coefficient (Wildman–Crippen LogP) is 1.76. The van der Waals surface area contributed by atoms with Gasteiger partial charge in [0.15, 0.2) is 0 Å². The minimum absolute atomic E-state index is 0.206. The molecule has 1 atom stereocenters. The van der Waals surface area contributed by atoms with Crippen LogP contribution in [0, 0.1) is 11.7 Å². The molecule has 2 aromatic heterocycles. The lowest BCUT2D eigenvalue weighted by molar-refractivity contribution is 0.168. The van der Waals surface area contributed by atoms with Crippen molar-refractivity contribution >= 4 is 11.8 Å². The molecule has 1 aliphatic rings. The molecule has 1 fully saturated rings. The monoisotopic (exact) mass is 304 g/mol. The Morgan fingerprint density at radius 3 is 3.09 bits per heavy atom. The van der Waals surface area contributed by atoms with E-state index in [1.807, 2.05) is 6.20 Å². The van der Waals surface area contributed by atoms with Gasteiger partial charge in [0.2, 0.25) is 0 Å². The van der Waals surface area contributed by atoms with Gasteiger partial charge >= 0.3 is 6.03 Å². The zero-order chi connectivity index (χ0) is 15.4. The summed E-state index contributed by atoms with van der Waals surface area (Å²) in [6.45, 7) is 2.12. The summed E-state index contributed by atoms with van der Waals surface area (Å²) in [5.74, 6) is 0.274. The Labute approximate surface area is 127 Å². The molecule has 1 unspecified atom stereocenters. The highest BCUT2D eigenvalue weighted by atomic mass is 19.1. The third kappa shape index (κ3) is 3.57. The first-order valence-corrected chi connectivity index (χ1v) is 7.22. The molecular weight excluding hydrogens is 287 g/mol. The number of amides is 2. The zero-order valence-electron chi connectivity index (χ0n) is 12.0. The van der Waals surface area contributed by atoms with Gasteiger partial charge in [-0.3, -0.25) is 10.00 Å². The second kappa shape index (κ2) is 6.50. The van der Waals surface area contributed by atoms with Crippen LogP contribution >= 0.6 is 0 Å². The first-order chi connectivity index (χ1) is 10.7. The van der Waals surface area contributed by atoms with Crippen LogP contribution in [0.3, 0.4) is 0 Å². The predicted molar refractivity (Wildman–Crippen MR) is 77.5 cm³/mol. The van der Waals surface area contributed by atoms with Crippen LogP contribution in [0.1, 0.15) is 12.8 Å². The van der Waals surface area contributed by atoms with Gasteiger partial charge in [-0.15, -0.1) is 5.10 Å². The molecule has 1 saturated heterocycles. The molecule has 8 heteroatoms. The number of carbonyl (C=O) groups is 1. The van der Waals surface area contributed by atoms with E-state index in [0.29, 0.717) is 24.8 Å². The molecule has 3 heterocycles. The lowest BCUT2D eigenvalue weighted by atomic mass is 9.98. The number of halogens is 1. The second-order valence-corrected chi connectivity index (χ2v) is 5.37. The van der Waals surface area contributed by atoms with E-state index < -0.39 is 5.82 Å².